The largest absolute Gasteiger partial charge is 0.497 e. The molecule has 0 N–H and O–H groups in total. The molecule has 1 rings (SSSR count). The van der Waals surface area contributed by atoms with Crippen molar-refractivity contribution in [2.45, 2.75) is 6.92 Å². The first-order chi connectivity index (χ1) is 5.63. The van der Waals surface area contributed by atoms with Crippen LogP contribution in [0.25, 0.3) is 5.57 Å². The molecule has 1 aromatic rings. The van der Waals surface area contributed by atoms with E-state index in [1.807, 2.05) is 6.92 Å². The van der Waals surface area contributed by atoms with Crippen LogP contribution in [0.2, 0.25) is 0 Å². The van der Waals surface area contributed by atoms with Crippen molar-refractivity contribution in [1.29, 1.82) is 0 Å². The number of halogens is 1. The summed E-state index contributed by atoms with van der Waals surface area (Å²) in [6.07, 6.45) is 0. The van der Waals surface area contributed by atoms with Gasteiger partial charge in [-0.2, -0.15) is 0 Å². The third-order valence-corrected chi connectivity index (χ3v) is 1.60. The summed E-state index contributed by atoms with van der Waals surface area (Å²) in [5, 5.41) is 0. The molecule has 0 fully saturated rings. The van der Waals surface area contributed by atoms with E-state index in [1.54, 1.807) is 6.07 Å². The van der Waals surface area contributed by atoms with Gasteiger partial charge in [-0.3, -0.25) is 0 Å². The summed E-state index contributed by atoms with van der Waals surface area (Å²) < 4.78 is 17.8. The normalized spacial score (nSPS) is 9.58. The molecule has 0 aliphatic rings. The second kappa shape index (κ2) is 3.39. The van der Waals surface area contributed by atoms with Crippen LogP contribution in [0.5, 0.6) is 5.75 Å². The van der Waals surface area contributed by atoms with Crippen LogP contribution in [-0.2, 0) is 0 Å². The summed E-state index contributed by atoms with van der Waals surface area (Å²) in [4.78, 5) is 0. The number of methoxy groups -OCH3 is 1. The van der Waals surface area contributed by atoms with Gasteiger partial charge in [-0.25, -0.2) is 4.39 Å². The lowest BCUT2D eigenvalue weighted by atomic mass is 10.1. The fourth-order valence-electron chi connectivity index (χ4n) is 0.927. The first-order valence-electron chi connectivity index (χ1n) is 3.64. The highest BCUT2D eigenvalue weighted by Gasteiger charge is 2.00. The molecule has 0 bridgehead atoms. The average molecular weight is 166 g/mol. The van der Waals surface area contributed by atoms with Gasteiger partial charge in [-0.1, -0.05) is 12.2 Å². The third-order valence-electron chi connectivity index (χ3n) is 1.60. The van der Waals surface area contributed by atoms with E-state index in [0.29, 0.717) is 5.75 Å². The molecule has 1 aromatic carbocycles. The van der Waals surface area contributed by atoms with Gasteiger partial charge >= 0.3 is 0 Å². The van der Waals surface area contributed by atoms with Crippen molar-refractivity contribution >= 4 is 5.57 Å². The SMILES string of the molecule is C=C(C)c1cc(F)cc(OC)c1. The molecule has 0 atom stereocenters. The number of allylic oxidation sites excluding steroid dienone is 1. The molecule has 0 amide bonds. The molecule has 0 saturated carbocycles. The van der Waals surface area contributed by atoms with Gasteiger partial charge in [-0.15, -0.1) is 0 Å². The highest BCUT2D eigenvalue weighted by Crippen LogP contribution is 2.20. The molecule has 0 aromatic heterocycles. The number of rotatable bonds is 2. The number of hydrogen-bond acceptors (Lipinski definition) is 1. The monoisotopic (exact) mass is 166 g/mol. The van der Waals surface area contributed by atoms with Crippen LogP contribution < -0.4 is 4.74 Å². The molecule has 12 heavy (non-hydrogen) atoms. The Morgan fingerprint density at radius 1 is 1.42 bits per heavy atom. The van der Waals surface area contributed by atoms with Crippen molar-refractivity contribution in [3.05, 3.63) is 36.2 Å². The van der Waals surface area contributed by atoms with Crippen LogP contribution in [0.4, 0.5) is 4.39 Å². The summed E-state index contributed by atoms with van der Waals surface area (Å²) in [6.45, 7) is 5.55. The van der Waals surface area contributed by atoms with Gasteiger partial charge in [0.2, 0.25) is 0 Å². The zero-order chi connectivity index (χ0) is 9.14. The van der Waals surface area contributed by atoms with E-state index in [-0.39, 0.29) is 5.82 Å². The smallest absolute Gasteiger partial charge is 0.127 e. The lowest BCUT2D eigenvalue weighted by molar-refractivity contribution is 0.411. The predicted molar refractivity (Wildman–Crippen MR) is 47.7 cm³/mol. The molecule has 2 heteroatoms. The molecule has 0 aliphatic carbocycles. The minimum atomic E-state index is -0.299. The van der Waals surface area contributed by atoms with Crippen LogP contribution in [0.15, 0.2) is 24.8 Å². The number of hydrogen-bond donors (Lipinski definition) is 0. The Morgan fingerprint density at radius 2 is 2.08 bits per heavy atom. The average Bonchev–Trinajstić information content (AvgIpc) is 2.03. The highest BCUT2D eigenvalue weighted by molar-refractivity contribution is 5.62. The van der Waals surface area contributed by atoms with Gasteiger partial charge in [0.15, 0.2) is 0 Å². The minimum Gasteiger partial charge on any atom is -0.497 e. The Bertz CT molecular complexity index is 305. The Morgan fingerprint density at radius 3 is 2.58 bits per heavy atom. The molecule has 64 valence electrons. The minimum absolute atomic E-state index is 0.299. The van der Waals surface area contributed by atoms with Crippen LogP contribution in [0.3, 0.4) is 0 Å². The molecule has 0 radical (unpaired) electrons. The lowest BCUT2D eigenvalue weighted by Gasteiger charge is -2.03. The maximum Gasteiger partial charge on any atom is 0.127 e. The second-order valence-electron chi connectivity index (χ2n) is 2.66. The van der Waals surface area contributed by atoms with Gasteiger partial charge in [0.25, 0.3) is 0 Å². The highest BCUT2D eigenvalue weighted by atomic mass is 19.1. The van der Waals surface area contributed by atoms with Gasteiger partial charge in [0.05, 0.1) is 7.11 Å². The molecule has 0 aliphatic heterocycles. The van der Waals surface area contributed by atoms with Gasteiger partial charge in [0, 0.05) is 6.07 Å². The van der Waals surface area contributed by atoms with Crippen LogP contribution in [0.1, 0.15) is 12.5 Å². The van der Waals surface area contributed by atoms with Crippen LogP contribution in [0, 0.1) is 5.82 Å². The third kappa shape index (κ3) is 1.84. The molecule has 0 unspecified atom stereocenters. The first-order valence-corrected chi connectivity index (χ1v) is 3.64. The van der Waals surface area contributed by atoms with Crippen LogP contribution in [-0.4, -0.2) is 7.11 Å². The van der Waals surface area contributed by atoms with E-state index in [9.17, 15) is 4.39 Å². The number of benzene rings is 1. The fraction of sp³-hybridized carbons (Fsp3) is 0.200. The van der Waals surface area contributed by atoms with Crippen molar-refractivity contribution < 1.29 is 9.13 Å². The van der Waals surface area contributed by atoms with Gasteiger partial charge < -0.3 is 4.74 Å². The van der Waals surface area contributed by atoms with Gasteiger partial charge in [0.1, 0.15) is 11.6 Å². The Hall–Kier alpha value is -1.31. The van der Waals surface area contributed by atoms with Crippen molar-refractivity contribution in [1.82, 2.24) is 0 Å². The lowest BCUT2D eigenvalue weighted by Crippen LogP contribution is -1.87. The summed E-state index contributed by atoms with van der Waals surface area (Å²) in [5.74, 6) is 0.223. The summed E-state index contributed by atoms with van der Waals surface area (Å²) in [6, 6.07) is 4.53. The zero-order valence-corrected chi connectivity index (χ0v) is 7.23. The van der Waals surface area contributed by atoms with E-state index in [1.165, 1.54) is 19.2 Å². The zero-order valence-electron chi connectivity index (χ0n) is 7.23. The van der Waals surface area contributed by atoms with E-state index < -0.39 is 0 Å². The molecule has 0 spiro atoms. The summed E-state index contributed by atoms with van der Waals surface area (Å²) in [5.41, 5.74) is 1.60. The maximum atomic E-state index is 12.9. The maximum absolute atomic E-state index is 12.9. The van der Waals surface area contributed by atoms with E-state index >= 15 is 0 Å². The van der Waals surface area contributed by atoms with Crippen molar-refractivity contribution in [2.75, 3.05) is 7.11 Å². The Kier molecular flexibility index (Phi) is 2.48. The fourth-order valence-corrected chi connectivity index (χ4v) is 0.927. The molecule has 0 heterocycles. The second-order valence-corrected chi connectivity index (χ2v) is 2.66. The standard InChI is InChI=1S/C10H11FO/c1-7(2)8-4-9(11)6-10(5-8)12-3/h4-6H,1H2,2-3H3. The van der Waals surface area contributed by atoms with Gasteiger partial charge in [-0.05, 0) is 24.6 Å². The molecular formula is C10H11FO. The van der Waals surface area contributed by atoms with Crippen LogP contribution >= 0.6 is 0 Å². The molecule has 0 saturated heterocycles. The molecular weight excluding hydrogens is 155 g/mol. The quantitative estimate of drug-likeness (QED) is 0.656. The van der Waals surface area contributed by atoms with E-state index in [0.717, 1.165) is 11.1 Å². The predicted octanol–water partition coefficient (Wildman–Crippen LogP) is 2.87. The van der Waals surface area contributed by atoms with Crippen molar-refractivity contribution in [3.63, 3.8) is 0 Å². The molecule has 1 nitrogen and oxygen atoms in total. The van der Waals surface area contributed by atoms with E-state index in [4.69, 9.17) is 4.74 Å². The van der Waals surface area contributed by atoms with E-state index in [2.05, 4.69) is 6.58 Å². The van der Waals surface area contributed by atoms with Crippen molar-refractivity contribution in [3.8, 4) is 5.75 Å². The first kappa shape index (κ1) is 8.78. The number of ether oxygens (including phenoxy) is 1. The Labute approximate surface area is 71.5 Å². The summed E-state index contributed by atoms with van der Waals surface area (Å²) in [7, 11) is 1.51. The van der Waals surface area contributed by atoms with Crippen molar-refractivity contribution in [2.24, 2.45) is 0 Å². The summed E-state index contributed by atoms with van der Waals surface area (Å²) >= 11 is 0. The Balaban J connectivity index is 3.15. The topological polar surface area (TPSA) is 9.23 Å².